The number of halogens is 1. The molecule has 0 unspecified atom stereocenters. The van der Waals surface area contributed by atoms with Gasteiger partial charge in [-0.15, -0.1) is 5.10 Å². The van der Waals surface area contributed by atoms with Crippen LogP contribution in [0.1, 0.15) is 5.56 Å². The molecule has 2 aromatic rings. The van der Waals surface area contributed by atoms with Crippen LogP contribution in [0, 0.1) is 5.82 Å². The van der Waals surface area contributed by atoms with Crippen molar-refractivity contribution in [3.8, 4) is 0 Å². The Balaban J connectivity index is 2.26. The van der Waals surface area contributed by atoms with Gasteiger partial charge in [-0.1, -0.05) is 12.1 Å². The maximum absolute atomic E-state index is 12.8. The van der Waals surface area contributed by atoms with E-state index >= 15 is 0 Å². The SMILES string of the molecule is COC(=O)/C(=C/c1ccc(F)cc1)Cn1cnnn1. The maximum Gasteiger partial charge on any atom is 0.335 e. The molecule has 19 heavy (non-hydrogen) atoms. The van der Waals surface area contributed by atoms with Gasteiger partial charge in [-0.25, -0.2) is 13.9 Å². The predicted molar refractivity (Wildman–Crippen MR) is 64.2 cm³/mol. The molecule has 1 aromatic carbocycles. The standard InChI is InChI=1S/C12H11FN4O2/c1-19-12(18)10(7-17-8-14-15-16-17)6-9-2-4-11(13)5-3-9/h2-6,8H,7H2,1H3/b10-6+. The number of esters is 1. The van der Waals surface area contributed by atoms with E-state index in [0.29, 0.717) is 11.1 Å². The Morgan fingerprint density at radius 3 is 2.74 bits per heavy atom. The lowest BCUT2D eigenvalue weighted by Gasteiger charge is -2.05. The number of carbonyl (C=O) groups excluding carboxylic acids is 1. The molecule has 0 saturated carbocycles. The summed E-state index contributed by atoms with van der Waals surface area (Å²) in [5.41, 5.74) is 1.05. The van der Waals surface area contributed by atoms with Crippen LogP contribution in [0.15, 0.2) is 36.2 Å². The summed E-state index contributed by atoms with van der Waals surface area (Å²) >= 11 is 0. The first kappa shape index (κ1) is 12.9. The quantitative estimate of drug-likeness (QED) is 0.609. The van der Waals surface area contributed by atoms with Crippen LogP contribution in [-0.2, 0) is 16.1 Å². The van der Waals surface area contributed by atoms with Crippen LogP contribution in [0.4, 0.5) is 4.39 Å². The second-order valence-corrected chi connectivity index (χ2v) is 3.72. The van der Waals surface area contributed by atoms with Gasteiger partial charge >= 0.3 is 5.97 Å². The Hall–Kier alpha value is -2.57. The van der Waals surface area contributed by atoms with Crippen molar-refractivity contribution in [3.05, 3.63) is 47.5 Å². The highest BCUT2D eigenvalue weighted by Gasteiger charge is 2.11. The van der Waals surface area contributed by atoms with Gasteiger partial charge in [-0.3, -0.25) is 0 Å². The van der Waals surface area contributed by atoms with E-state index in [-0.39, 0.29) is 12.4 Å². The minimum atomic E-state index is -0.486. The molecule has 0 aliphatic heterocycles. The zero-order valence-corrected chi connectivity index (χ0v) is 10.2. The molecule has 0 N–H and O–H groups in total. The van der Waals surface area contributed by atoms with Crippen molar-refractivity contribution in [3.63, 3.8) is 0 Å². The Bertz CT molecular complexity index is 578. The molecule has 0 atom stereocenters. The Labute approximate surface area is 108 Å². The lowest BCUT2D eigenvalue weighted by Crippen LogP contribution is -2.12. The van der Waals surface area contributed by atoms with Crippen molar-refractivity contribution in [1.82, 2.24) is 20.2 Å². The number of benzene rings is 1. The van der Waals surface area contributed by atoms with Gasteiger partial charge in [-0.2, -0.15) is 0 Å². The van der Waals surface area contributed by atoms with Crippen molar-refractivity contribution in [2.75, 3.05) is 7.11 Å². The summed E-state index contributed by atoms with van der Waals surface area (Å²) in [5, 5.41) is 10.6. The second kappa shape index (κ2) is 5.85. The third-order valence-corrected chi connectivity index (χ3v) is 2.38. The van der Waals surface area contributed by atoms with Crippen LogP contribution in [-0.4, -0.2) is 33.3 Å². The zero-order valence-electron chi connectivity index (χ0n) is 10.2. The van der Waals surface area contributed by atoms with Gasteiger partial charge in [0.05, 0.1) is 19.2 Å². The van der Waals surface area contributed by atoms with Gasteiger partial charge in [0.2, 0.25) is 0 Å². The molecular weight excluding hydrogens is 251 g/mol. The summed E-state index contributed by atoms with van der Waals surface area (Å²) in [4.78, 5) is 11.7. The molecular formula is C12H11FN4O2. The molecule has 0 aliphatic rings. The zero-order chi connectivity index (χ0) is 13.7. The van der Waals surface area contributed by atoms with Crippen molar-refractivity contribution < 1.29 is 13.9 Å². The molecule has 0 saturated heterocycles. The lowest BCUT2D eigenvalue weighted by atomic mass is 10.1. The van der Waals surface area contributed by atoms with Crippen LogP contribution in [0.3, 0.4) is 0 Å². The van der Waals surface area contributed by atoms with Gasteiger partial charge in [0.25, 0.3) is 0 Å². The number of hydrogen-bond acceptors (Lipinski definition) is 5. The number of ether oxygens (including phenoxy) is 1. The van der Waals surface area contributed by atoms with Crippen LogP contribution in [0.2, 0.25) is 0 Å². The van der Waals surface area contributed by atoms with Crippen molar-refractivity contribution in [1.29, 1.82) is 0 Å². The number of methoxy groups -OCH3 is 1. The van der Waals surface area contributed by atoms with E-state index in [0.717, 1.165) is 0 Å². The summed E-state index contributed by atoms with van der Waals surface area (Å²) < 4.78 is 18.9. The van der Waals surface area contributed by atoms with Crippen LogP contribution >= 0.6 is 0 Å². The Kier molecular flexibility index (Phi) is 3.97. The molecule has 1 heterocycles. The Morgan fingerprint density at radius 1 is 1.42 bits per heavy atom. The second-order valence-electron chi connectivity index (χ2n) is 3.72. The first-order valence-electron chi connectivity index (χ1n) is 5.44. The highest BCUT2D eigenvalue weighted by atomic mass is 19.1. The fraction of sp³-hybridized carbons (Fsp3) is 0.167. The van der Waals surface area contributed by atoms with Crippen molar-refractivity contribution in [2.24, 2.45) is 0 Å². The summed E-state index contributed by atoms with van der Waals surface area (Å²) in [6, 6.07) is 5.77. The van der Waals surface area contributed by atoms with Crippen LogP contribution < -0.4 is 0 Å². The molecule has 0 aliphatic carbocycles. The lowest BCUT2D eigenvalue weighted by molar-refractivity contribution is -0.136. The molecule has 0 fully saturated rings. The molecule has 98 valence electrons. The topological polar surface area (TPSA) is 69.9 Å². The fourth-order valence-corrected chi connectivity index (χ4v) is 1.49. The average Bonchev–Trinajstić information content (AvgIpc) is 2.92. The van der Waals surface area contributed by atoms with Gasteiger partial charge in [0, 0.05) is 0 Å². The molecule has 7 heteroatoms. The molecule has 1 aromatic heterocycles. The van der Waals surface area contributed by atoms with E-state index in [1.807, 2.05) is 0 Å². The number of tetrazole rings is 1. The number of hydrogen-bond donors (Lipinski definition) is 0. The summed E-state index contributed by atoms with van der Waals surface area (Å²) in [6.07, 6.45) is 2.99. The van der Waals surface area contributed by atoms with Crippen molar-refractivity contribution in [2.45, 2.75) is 6.54 Å². The van der Waals surface area contributed by atoms with Crippen LogP contribution in [0.5, 0.6) is 0 Å². The first-order chi connectivity index (χ1) is 9.19. The highest BCUT2D eigenvalue weighted by Crippen LogP contribution is 2.11. The molecule has 0 radical (unpaired) electrons. The van der Waals surface area contributed by atoms with Gasteiger partial charge < -0.3 is 4.74 Å². The average molecular weight is 262 g/mol. The minimum Gasteiger partial charge on any atom is -0.466 e. The molecule has 6 nitrogen and oxygen atoms in total. The Morgan fingerprint density at radius 2 is 2.16 bits per heavy atom. The summed E-state index contributed by atoms with van der Waals surface area (Å²) in [7, 11) is 1.29. The van der Waals surface area contributed by atoms with E-state index in [1.165, 1.54) is 30.3 Å². The van der Waals surface area contributed by atoms with E-state index in [9.17, 15) is 9.18 Å². The van der Waals surface area contributed by atoms with Gasteiger partial charge in [0.1, 0.15) is 12.1 Å². The van der Waals surface area contributed by atoms with E-state index in [1.54, 1.807) is 18.2 Å². The number of rotatable bonds is 4. The molecule has 0 bridgehead atoms. The van der Waals surface area contributed by atoms with Gasteiger partial charge in [0.15, 0.2) is 0 Å². The molecule has 2 rings (SSSR count). The summed E-state index contributed by atoms with van der Waals surface area (Å²) in [5.74, 6) is -0.822. The van der Waals surface area contributed by atoms with E-state index in [2.05, 4.69) is 15.5 Å². The predicted octanol–water partition coefficient (Wildman–Crippen LogP) is 1.07. The van der Waals surface area contributed by atoms with Crippen molar-refractivity contribution >= 4 is 12.0 Å². The number of carbonyl (C=O) groups is 1. The monoisotopic (exact) mass is 262 g/mol. The third kappa shape index (κ3) is 3.44. The fourth-order valence-electron chi connectivity index (χ4n) is 1.49. The molecule has 0 spiro atoms. The third-order valence-electron chi connectivity index (χ3n) is 2.38. The largest absolute Gasteiger partial charge is 0.466 e. The minimum absolute atomic E-state index is 0.178. The van der Waals surface area contributed by atoms with E-state index < -0.39 is 5.97 Å². The number of nitrogens with zero attached hydrogens (tertiary/aromatic N) is 4. The van der Waals surface area contributed by atoms with E-state index in [4.69, 9.17) is 4.74 Å². The smallest absolute Gasteiger partial charge is 0.335 e. The summed E-state index contributed by atoms with van der Waals surface area (Å²) in [6.45, 7) is 0.178. The van der Waals surface area contributed by atoms with Gasteiger partial charge in [-0.05, 0) is 34.2 Å². The number of aromatic nitrogens is 4. The van der Waals surface area contributed by atoms with Crippen LogP contribution in [0.25, 0.3) is 6.08 Å². The maximum atomic E-state index is 12.8. The molecule has 0 amide bonds. The first-order valence-corrected chi connectivity index (χ1v) is 5.44. The normalized spacial score (nSPS) is 11.4. The highest BCUT2D eigenvalue weighted by molar-refractivity contribution is 5.93.